The average Bonchev–Trinajstić information content (AvgIpc) is 3.06. The molecule has 6 nitrogen and oxygen atoms in total. The van der Waals surface area contributed by atoms with Gasteiger partial charge in [0.25, 0.3) is 5.56 Å². The molecule has 1 N–H and O–H groups in total. The molecule has 1 aliphatic carbocycles. The maximum absolute atomic E-state index is 11.9. The average molecular weight is 308 g/mol. The second-order valence-corrected chi connectivity index (χ2v) is 6.60. The largest absolute Gasteiger partial charge is 0.395 e. The molecule has 114 valence electrons. The van der Waals surface area contributed by atoms with Gasteiger partial charge < -0.3 is 5.11 Å². The highest BCUT2D eigenvalue weighted by Crippen LogP contribution is 2.25. The lowest BCUT2D eigenvalue weighted by molar-refractivity contribution is 0.144. The van der Waals surface area contributed by atoms with E-state index in [1.165, 1.54) is 47.6 Å². The van der Waals surface area contributed by atoms with E-state index in [1.807, 2.05) is 6.92 Å². The first-order chi connectivity index (χ1) is 10.2. The third-order valence-corrected chi connectivity index (χ3v) is 4.87. The minimum absolute atomic E-state index is 0.130. The van der Waals surface area contributed by atoms with Crippen LogP contribution < -0.4 is 5.56 Å². The highest BCUT2D eigenvalue weighted by molar-refractivity contribution is 7.16. The summed E-state index contributed by atoms with van der Waals surface area (Å²) in [5, 5.41) is 14.5. The molecule has 21 heavy (non-hydrogen) atoms. The van der Waals surface area contributed by atoms with E-state index in [0.29, 0.717) is 24.1 Å². The van der Waals surface area contributed by atoms with E-state index in [1.54, 1.807) is 0 Å². The van der Waals surface area contributed by atoms with Gasteiger partial charge in [0.1, 0.15) is 5.01 Å². The molecule has 0 atom stereocenters. The van der Waals surface area contributed by atoms with Gasteiger partial charge in [-0.25, -0.2) is 4.98 Å². The van der Waals surface area contributed by atoms with Crippen LogP contribution in [0.15, 0.2) is 10.9 Å². The Hall–Kier alpha value is -1.31. The molecule has 0 aliphatic heterocycles. The predicted octanol–water partition coefficient (Wildman–Crippen LogP) is 1.20. The highest BCUT2D eigenvalue weighted by atomic mass is 32.1. The summed E-state index contributed by atoms with van der Waals surface area (Å²) in [6.07, 6.45) is 4.88. The van der Waals surface area contributed by atoms with Gasteiger partial charge in [0.2, 0.25) is 4.96 Å². The Balaban J connectivity index is 1.85. The van der Waals surface area contributed by atoms with Crippen LogP contribution in [0.3, 0.4) is 0 Å². The summed E-state index contributed by atoms with van der Waals surface area (Å²) in [5.41, 5.74) is 0.591. The second kappa shape index (κ2) is 6.21. The summed E-state index contributed by atoms with van der Waals surface area (Å²) in [4.78, 5) is 19.2. The van der Waals surface area contributed by atoms with Crippen LogP contribution in [0.4, 0.5) is 0 Å². The van der Waals surface area contributed by atoms with Crippen molar-refractivity contribution in [2.24, 2.45) is 0 Å². The molecule has 1 saturated carbocycles. The first-order valence-corrected chi connectivity index (χ1v) is 8.20. The quantitative estimate of drug-likeness (QED) is 0.898. The summed E-state index contributed by atoms with van der Waals surface area (Å²) in [6.45, 7) is 3.30. The van der Waals surface area contributed by atoms with E-state index in [2.05, 4.69) is 15.0 Å². The van der Waals surface area contributed by atoms with Gasteiger partial charge in [0.05, 0.1) is 13.2 Å². The van der Waals surface area contributed by atoms with Crippen LogP contribution in [-0.4, -0.2) is 43.8 Å². The van der Waals surface area contributed by atoms with Crippen molar-refractivity contribution in [2.75, 3.05) is 13.2 Å². The molecule has 3 rings (SSSR count). The molecule has 0 unspecified atom stereocenters. The fourth-order valence-corrected chi connectivity index (χ4v) is 3.96. The van der Waals surface area contributed by atoms with Crippen molar-refractivity contribution in [1.29, 1.82) is 0 Å². The van der Waals surface area contributed by atoms with Crippen LogP contribution in [-0.2, 0) is 6.54 Å². The molecule has 0 aromatic carbocycles. The SMILES string of the molecule is Cc1cc(=O)n2nc(CN(CCO)C3CCCC3)sc2n1. The van der Waals surface area contributed by atoms with Gasteiger partial charge in [-0.1, -0.05) is 24.2 Å². The van der Waals surface area contributed by atoms with Gasteiger partial charge >= 0.3 is 0 Å². The zero-order valence-corrected chi connectivity index (χ0v) is 13.0. The Morgan fingerprint density at radius 2 is 2.24 bits per heavy atom. The topological polar surface area (TPSA) is 70.7 Å². The van der Waals surface area contributed by atoms with Crippen LogP contribution >= 0.6 is 11.3 Å². The number of aromatic nitrogens is 3. The fraction of sp³-hybridized carbons (Fsp3) is 0.643. The Bertz CT molecular complexity index is 675. The lowest BCUT2D eigenvalue weighted by Gasteiger charge is -2.26. The predicted molar refractivity (Wildman–Crippen MR) is 81.6 cm³/mol. The normalized spacial score (nSPS) is 16.3. The zero-order valence-electron chi connectivity index (χ0n) is 12.2. The maximum atomic E-state index is 11.9. The van der Waals surface area contributed by atoms with E-state index < -0.39 is 0 Å². The first kappa shape index (κ1) is 14.6. The van der Waals surface area contributed by atoms with E-state index in [9.17, 15) is 9.90 Å². The number of nitrogens with zero attached hydrogens (tertiary/aromatic N) is 4. The fourth-order valence-electron chi connectivity index (χ4n) is 2.99. The number of aliphatic hydroxyl groups is 1. The van der Waals surface area contributed by atoms with Gasteiger partial charge in [0, 0.05) is 24.3 Å². The molecule has 0 saturated heterocycles. The van der Waals surface area contributed by atoms with E-state index in [4.69, 9.17) is 0 Å². The minimum atomic E-state index is -0.130. The Kier molecular flexibility index (Phi) is 4.32. The number of rotatable bonds is 5. The number of hydrogen-bond donors (Lipinski definition) is 1. The summed E-state index contributed by atoms with van der Waals surface area (Å²) in [5.74, 6) is 0. The summed E-state index contributed by atoms with van der Waals surface area (Å²) < 4.78 is 1.37. The van der Waals surface area contributed by atoms with Gasteiger partial charge in [-0.15, -0.1) is 0 Å². The van der Waals surface area contributed by atoms with Gasteiger partial charge in [0.15, 0.2) is 0 Å². The first-order valence-electron chi connectivity index (χ1n) is 7.38. The monoisotopic (exact) mass is 308 g/mol. The van der Waals surface area contributed by atoms with Crippen molar-refractivity contribution < 1.29 is 5.11 Å². The lowest BCUT2D eigenvalue weighted by atomic mass is 10.2. The van der Waals surface area contributed by atoms with E-state index >= 15 is 0 Å². The molecular formula is C14H20N4O2S. The van der Waals surface area contributed by atoms with Crippen LogP contribution in [0.5, 0.6) is 0 Å². The zero-order chi connectivity index (χ0) is 14.8. The summed E-state index contributed by atoms with van der Waals surface area (Å²) in [7, 11) is 0. The lowest BCUT2D eigenvalue weighted by Crippen LogP contribution is -2.35. The molecule has 2 heterocycles. The van der Waals surface area contributed by atoms with Gasteiger partial charge in [-0.05, 0) is 19.8 Å². The van der Waals surface area contributed by atoms with Crippen molar-refractivity contribution >= 4 is 16.3 Å². The number of hydrogen-bond acceptors (Lipinski definition) is 6. The molecule has 0 bridgehead atoms. The van der Waals surface area contributed by atoms with Crippen LogP contribution in [0.2, 0.25) is 0 Å². The van der Waals surface area contributed by atoms with Crippen molar-refractivity contribution in [3.63, 3.8) is 0 Å². The van der Waals surface area contributed by atoms with Crippen molar-refractivity contribution in [3.05, 3.63) is 27.1 Å². The van der Waals surface area contributed by atoms with E-state index in [0.717, 1.165) is 10.7 Å². The second-order valence-electron chi connectivity index (χ2n) is 5.56. The number of aryl methyl sites for hydroxylation is 1. The molecule has 1 aliphatic rings. The maximum Gasteiger partial charge on any atom is 0.275 e. The molecule has 0 radical (unpaired) electrons. The summed E-state index contributed by atoms with van der Waals surface area (Å²) >= 11 is 1.46. The Morgan fingerprint density at radius 1 is 1.48 bits per heavy atom. The van der Waals surface area contributed by atoms with Crippen molar-refractivity contribution in [1.82, 2.24) is 19.5 Å². The van der Waals surface area contributed by atoms with Crippen molar-refractivity contribution in [3.8, 4) is 0 Å². The smallest absolute Gasteiger partial charge is 0.275 e. The van der Waals surface area contributed by atoms with Crippen LogP contribution in [0.25, 0.3) is 4.96 Å². The third kappa shape index (κ3) is 3.14. The standard InChI is InChI=1S/C14H20N4O2S/c1-10-8-13(20)18-14(15-10)21-12(16-18)9-17(6-7-19)11-4-2-3-5-11/h8,11,19H,2-7,9H2,1H3. The Morgan fingerprint density at radius 3 is 2.95 bits per heavy atom. The molecule has 0 amide bonds. The molecule has 7 heteroatoms. The van der Waals surface area contributed by atoms with Gasteiger partial charge in [-0.2, -0.15) is 9.61 Å². The molecule has 2 aromatic heterocycles. The molecule has 1 fully saturated rings. The van der Waals surface area contributed by atoms with Gasteiger partial charge in [-0.3, -0.25) is 9.69 Å². The molecular weight excluding hydrogens is 288 g/mol. The highest BCUT2D eigenvalue weighted by Gasteiger charge is 2.23. The van der Waals surface area contributed by atoms with Crippen LogP contribution in [0, 0.1) is 6.92 Å². The minimum Gasteiger partial charge on any atom is -0.395 e. The summed E-state index contributed by atoms with van der Waals surface area (Å²) in [6, 6.07) is 2.02. The number of fused-ring (bicyclic) bond motifs is 1. The third-order valence-electron chi connectivity index (χ3n) is 3.98. The van der Waals surface area contributed by atoms with E-state index in [-0.39, 0.29) is 12.2 Å². The molecule has 0 spiro atoms. The van der Waals surface area contributed by atoms with Crippen molar-refractivity contribution in [2.45, 2.75) is 45.2 Å². The molecule has 2 aromatic rings. The Labute approximate surface area is 127 Å². The van der Waals surface area contributed by atoms with Crippen LogP contribution in [0.1, 0.15) is 36.4 Å². The number of aliphatic hydroxyl groups excluding tert-OH is 1.